The largest absolute Gasteiger partial charge is 0.330 e. The Morgan fingerprint density at radius 3 is 2.62 bits per heavy atom. The van der Waals surface area contributed by atoms with Gasteiger partial charge in [0.05, 0.1) is 0 Å². The second-order valence-corrected chi connectivity index (χ2v) is 4.83. The third-order valence-electron chi connectivity index (χ3n) is 2.00. The minimum absolute atomic E-state index is 0.0437. The molecule has 1 fully saturated rings. The van der Waals surface area contributed by atoms with Gasteiger partial charge in [-0.1, -0.05) is 0 Å². The third-order valence-corrected chi connectivity index (χ3v) is 2.87. The maximum Gasteiger partial charge on any atom is 0.330 e. The van der Waals surface area contributed by atoms with Crippen LogP contribution in [-0.2, 0) is 20.4 Å². The van der Waals surface area contributed by atoms with E-state index in [0.717, 1.165) is 0 Å². The van der Waals surface area contributed by atoms with E-state index >= 15 is 0 Å². The molecule has 2 atom stereocenters. The van der Waals surface area contributed by atoms with Crippen molar-refractivity contribution in [2.45, 2.75) is 12.6 Å². The Morgan fingerprint density at radius 2 is 2.06 bits per heavy atom. The van der Waals surface area contributed by atoms with Gasteiger partial charge >= 0.3 is 6.03 Å². The highest BCUT2D eigenvalue weighted by Gasteiger charge is 2.40. The van der Waals surface area contributed by atoms with Crippen molar-refractivity contribution < 1.29 is 23.0 Å². The number of rotatable bonds is 4. The number of carbonyl (C=O) groups excluding carboxylic acids is 3. The van der Waals surface area contributed by atoms with Crippen LogP contribution in [-0.4, -0.2) is 51.7 Å². The van der Waals surface area contributed by atoms with Gasteiger partial charge in [-0.3, -0.25) is 24.0 Å². The van der Waals surface area contributed by atoms with E-state index in [1.807, 2.05) is 0 Å². The van der Waals surface area contributed by atoms with Gasteiger partial charge in [0.1, 0.15) is 0 Å². The number of hydrogen-bond donors (Lipinski definition) is 1. The number of imide groups is 2. The van der Waals surface area contributed by atoms with E-state index in [9.17, 15) is 23.0 Å². The molecular weight excluding hydrogens is 239 g/mol. The molecule has 16 heavy (non-hydrogen) atoms. The van der Waals surface area contributed by atoms with Crippen molar-refractivity contribution >= 4 is 28.6 Å². The minimum Gasteiger partial charge on any atom is -0.275 e. The summed E-state index contributed by atoms with van der Waals surface area (Å²) in [5, 5.41) is 1.72. The van der Waals surface area contributed by atoms with Gasteiger partial charge in [-0.2, -0.15) is 0 Å². The van der Waals surface area contributed by atoms with Crippen LogP contribution in [0.2, 0.25) is 0 Å². The lowest BCUT2D eigenvalue weighted by Gasteiger charge is -2.26. The number of urea groups is 1. The molecule has 0 aliphatic carbocycles. The van der Waals surface area contributed by atoms with Crippen LogP contribution >= 0.6 is 0 Å². The molecule has 1 rings (SSSR count). The fourth-order valence-corrected chi connectivity index (χ4v) is 1.76. The van der Waals surface area contributed by atoms with Crippen LogP contribution in [0.25, 0.3) is 0 Å². The summed E-state index contributed by atoms with van der Waals surface area (Å²) in [7, 11) is -1.04. The first kappa shape index (κ1) is 12.8. The summed E-state index contributed by atoms with van der Waals surface area (Å²) in [5.74, 6) is -2.08. The van der Waals surface area contributed by atoms with Crippen molar-refractivity contribution in [3.63, 3.8) is 0 Å². The molecule has 0 aromatic heterocycles. The van der Waals surface area contributed by atoms with Gasteiger partial charge in [0.15, 0.2) is 0 Å². The third kappa shape index (κ3) is 2.84. The molecule has 0 spiro atoms. The smallest absolute Gasteiger partial charge is 0.275 e. The second kappa shape index (κ2) is 5.15. The average Bonchev–Trinajstić information content (AvgIpc) is 2.19. The molecule has 0 aromatic rings. The lowest BCUT2D eigenvalue weighted by molar-refractivity contribution is -0.143. The molecule has 6 nitrogen and oxygen atoms in total. The number of nitrogens with one attached hydrogen (secondary N) is 1. The van der Waals surface area contributed by atoms with Crippen molar-refractivity contribution in [2.24, 2.45) is 0 Å². The van der Waals surface area contributed by atoms with E-state index in [1.54, 1.807) is 5.32 Å². The van der Waals surface area contributed by atoms with Gasteiger partial charge < -0.3 is 0 Å². The first-order chi connectivity index (χ1) is 7.43. The molecule has 1 heterocycles. The standard InChI is InChI=1S/C8H11FN2O4S/c1-16(15)4-2-3-11-7(13)5(9)6(12)10-8(11)14/h5H,2-4H2,1H3,(H,10,12,14). The van der Waals surface area contributed by atoms with Gasteiger partial charge in [0.2, 0.25) is 0 Å². The molecule has 2 unspecified atom stereocenters. The highest BCUT2D eigenvalue weighted by Crippen LogP contribution is 2.07. The molecule has 0 bridgehead atoms. The predicted molar refractivity (Wildman–Crippen MR) is 53.7 cm³/mol. The van der Waals surface area contributed by atoms with Crippen molar-refractivity contribution in [3.05, 3.63) is 0 Å². The van der Waals surface area contributed by atoms with E-state index in [-0.39, 0.29) is 6.54 Å². The van der Waals surface area contributed by atoms with Crippen LogP contribution in [0, 0.1) is 0 Å². The number of halogens is 1. The fraction of sp³-hybridized carbons (Fsp3) is 0.625. The molecule has 4 amide bonds. The number of barbiturate groups is 1. The number of alkyl halides is 1. The maximum absolute atomic E-state index is 13.0. The Labute approximate surface area is 93.6 Å². The summed E-state index contributed by atoms with van der Waals surface area (Å²) in [6, 6.07) is -0.925. The Balaban J connectivity index is 2.58. The molecule has 90 valence electrons. The van der Waals surface area contributed by atoms with Gasteiger partial charge in [0, 0.05) is 29.4 Å². The van der Waals surface area contributed by atoms with Crippen LogP contribution in [0.3, 0.4) is 0 Å². The highest BCUT2D eigenvalue weighted by atomic mass is 32.2. The topological polar surface area (TPSA) is 83.6 Å². The number of nitrogens with zero attached hydrogens (tertiary/aromatic N) is 1. The summed E-state index contributed by atoms with van der Waals surface area (Å²) >= 11 is 0. The molecule has 0 aromatic carbocycles. The van der Waals surface area contributed by atoms with Crippen molar-refractivity contribution in [3.8, 4) is 0 Å². The zero-order chi connectivity index (χ0) is 12.3. The van der Waals surface area contributed by atoms with Crippen molar-refractivity contribution in [2.75, 3.05) is 18.6 Å². The lowest BCUT2D eigenvalue weighted by atomic mass is 10.2. The summed E-state index contributed by atoms with van der Waals surface area (Å²) in [4.78, 5) is 33.7. The Morgan fingerprint density at radius 1 is 1.44 bits per heavy atom. The first-order valence-electron chi connectivity index (χ1n) is 4.53. The summed E-state index contributed by atoms with van der Waals surface area (Å²) in [6.07, 6.45) is -0.534. The Kier molecular flexibility index (Phi) is 4.11. The second-order valence-electron chi connectivity index (χ2n) is 3.28. The van der Waals surface area contributed by atoms with Crippen molar-refractivity contribution in [1.82, 2.24) is 10.2 Å². The van der Waals surface area contributed by atoms with Gasteiger partial charge in [-0.15, -0.1) is 0 Å². The fourth-order valence-electron chi connectivity index (χ4n) is 1.22. The van der Waals surface area contributed by atoms with E-state index in [2.05, 4.69) is 0 Å². The quantitative estimate of drug-likeness (QED) is 0.660. The lowest BCUT2D eigenvalue weighted by Crippen LogP contribution is -2.59. The molecule has 1 aliphatic heterocycles. The average molecular weight is 250 g/mol. The number of amides is 4. The minimum atomic E-state index is -2.33. The highest BCUT2D eigenvalue weighted by molar-refractivity contribution is 7.84. The van der Waals surface area contributed by atoms with Crippen LogP contribution in [0.15, 0.2) is 0 Å². The van der Waals surface area contributed by atoms with E-state index in [4.69, 9.17) is 0 Å². The normalized spacial score (nSPS) is 23.2. The summed E-state index contributed by atoms with van der Waals surface area (Å²) < 4.78 is 23.7. The molecule has 0 radical (unpaired) electrons. The van der Waals surface area contributed by atoms with Gasteiger partial charge in [0.25, 0.3) is 18.0 Å². The van der Waals surface area contributed by atoms with Crippen LogP contribution < -0.4 is 5.32 Å². The summed E-state index contributed by atoms with van der Waals surface area (Å²) in [6.45, 7) is -0.0437. The SMILES string of the molecule is CS(=O)CCCN1C(=O)NC(=O)C(F)C1=O. The van der Waals surface area contributed by atoms with Crippen LogP contribution in [0.1, 0.15) is 6.42 Å². The zero-order valence-electron chi connectivity index (χ0n) is 8.57. The molecule has 0 saturated carbocycles. The predicted octanol–water partition coefficient (Wildman–Crippen LogP) is -0.829. The number of carbonyl (C=O) groups is 3. The molecule has 8 heteroatoms. The van der Waals surface area contributed by atoms with E-state index in [1.165, 1.54) is 6.26 Å². The van der Waals surface area contributed by atoms with Crippen LogP contribution in [0.5, 0.6) is 0 Å². The molecule has 1 N–H and O–H groups in total. The van der Waals surface area contributed by atoms with Gasteiger partial charge in [-0.25, -0.2) is 9.18 Å². The number of hydrogen-bond acceptors (Lipinski definition) is 4. The molecule has 1 saturated heterocycles. The molecular formula is C8H11FN2O4S. The van der Waals surface area contributed by atoms with Gasteiger partial charge in [-0.05, 0) is 6.42 Å². The maximum atomic E-state index is 13.0. The van der Waals surface area contributed by atoms with Crippen molar-refractivity contribution in [1.29, 1.82) is 0 Å². The van der Waals surface area contributed by atoms with E-state index < -0.39 is 34.8 Å². The monoisotopic (exact) mass is 250 g/mol. The summed E-state index contributed by atoms with van der Waals surface area (Å²) in [5.41, 5.74) is 0. The Bertz CT molecular complexity index is 360. The van der Waals surface area contributed by atoms with E-state index in [0.29, 0.717) is 17.1 Å². The molecule has 1 aliphatic rings. The Hall–Kier alpha value is -1.31. The zero-order valence-corrected chi connectivity index (χ0v) is 9.38. The van der Waals surface area contributed by atoms with Crippen LogP contribution in [0.4, 0.5) is 9.18 Å². The first-order valence-corrected chi connectivity index (χ1v) is 6.26.